The predicted octanol–water partition coefficient (Wildman–Crippen LogP) is 1.49. The summed E-state index contributed by atoms with van der Waals surface area (Å²) in [6.45, 7) is 3.21. The molecule has 1 N–H and O–H groups in total. The summed E-state index contributed by atoms with van der Waals surface area (Å²) in [4.78, 5) is 11.3. The van der Waals surface area contributed by atoms with Gasteiger partial charge in [-0.15, -0.1) is 0 Å². The molecule has 18 heavy (non-hydrogen) atoms. The largest absolute Gasteiger partial charge is 0.490 e. The van der Waals surface area contributed by atoms with Gasteiger partial charge in [-0.2, -0.15) is 5.26 Å². The molecule has 1 amide bonds. The van der Waals surface area contributed by atoms with Crippen LogP contribution in [-0.4, -0.2) is 18.1 Å². The molecule has 0 radical (unpaired) electrons. The molecule has 4 heteroatoms. The first-order valence-corrected chi connectivity index (χ1v) is 5.43. The lowest BCUT2D eigenvalue weighted by atomic mass is 10.1. The number of nitrogens with one attached hydrogen (secondary N) is 1. The average molecular weight is 242 g/mol. The monoisotopic (exact) mass is 242 g/mol. The van der Waals surface area contributed by atoms with E-state index in [1.807, 2.05) is 24.3 Å². The van der Waals surface area contributed by atoms with Crippen molar-refractivity contribution in [1.82, 2.24) is 5.32 Å². The van der Waals surface area contributed by atoms with E-state index in [0.717, 1.165) is 0 Å². The van der Waals surface area contributed by atoms with Crippen LogP contribution in [-0.2, 0) is 4.79 Å². The molecule has 1 aromatic rings. The van der Waals surface area contributed by atoms with Crippen molar-refractivity contribution in [2.75, 3.05) is 6.61 Å². The number of benzene rings is 1. The van der Waals surface area contributed by atoms with Crippen LogP contribution in [0.4, 0.5) is 0 Å². The van der Waals surface area contributed by atoms with Crippen molar-refractivity contribution in [3.8, 4) is 23.7 Å². The summed E-state index contributed by atoms with van der Waals surface area (Å²) in [5.74, 6) is 4.96. The number of carbonyl (C=O) groups excluding carboxylic acids is 1. The lowest BCUT2D eigenvalue weighted by Gasteiger charge is -2.22. The van der Waals surface area contributed by atoms with Crippen molar-refractivity contribution in [1.29, 1.82) is 5.26 Å². The number of nitriles is 1. The average Bonchev–Trinajstić information content (AvgIpc) is 2.38. The smallest absolute Gasteiger partial charge is 0.297 e. The molecule has 0 aromatic heterocycles. The van der Waals surface area contributed by atoms with E-state index in [2.05, 4.69) is 17.2 Å². The number of amides is 1. The highest BCUT2D eigenvalue weighted by Crippen LogP contribution is 2.11. The van der Waals surface area contributed by atoms with Gasteiger partial charge in [0.2, 0.25) is 0 Å². The molecule has 92 valence electrons. The molecular weight excluding hydrogens is 228 g/mol. The molecular formula is C14H14N2O2. The van der Waals surface area contributed by atoms with E-state index < -0.39 is 11.4 Å². The zero-order valence-corrected chi connectivity index (χ0v) is 10.4. The molecule has 0 aliphatic rings. The van der Waals surface area contributed by atoms with Crippen LogP contribution in [0.1, 0.15) is 13.8 Å². The van der Waals surface area contributed by atoms with E-state index in [1.165, 1.54) is 0 Å². The van der Waals surface area contributed by atoms with Gasteiger partial charge in [-0.25, -0.2) is 0 Å². The van der Waals surface area contributed by atoms with Gasteiger partial charge in [0.25, 0.3) is 5.91 Å². The minimum absolute atomic E-state index is 0.0602. The summed E-state index contributed by atoms with van der Waals surface area (Å²) in [5, 5.41) is 11.6. The minimum Gasteiger partial charge on any atom is -0.490 e. The maximum atomic E-state index is 11.3. The second-order valence-corrected chi connectivity index (χ2v) is 3.87. The van der Waals surface area contributed by atoms with Gasteiger partial charge in [0.1, 0.15) is 12.4 Å². The normalized spacial score (nSPS) is 12.3. The number of para-hydroxylation sites is 1. The first-order chi connectivity index (χ1) is 8.59. The third kappa shape index (κ3) is 4.19. The van der Waals surface area contributed by atoms with Crippen LogP contribution >= 0.6 is 0 Å². The van der Waals surface area contributed by atoms with E-state index in [4.69, 9.17) is 10.00 Å². The lowest BCUT2D eigenvalue weighted by Crippen LogP contribution is -2.48. The molecule has 1 unspecified atom stereocenters. The number of hydrogen-bond acceptors (Lipinski definition) is 3. The fourth-order valence-corrected chi connectivity index (χ4v) is 1.24. The van der Waals surface area contributed by atoms with Crippen molar-refractivity contribution >= 4 is 5.91 Å². The standard InChI is InChI=1S/C14H14N2O2/c1-3-7-13(17)16-14(2,10-15)11-18-12-8-5-4-6-9-12/h4-6,8-9H,11H2,1-2H3,(H,16,17). The van der Waals surface area contributed by atoms with E-state index in [1.54, 1.807) is 26.0 Å². The quantitative estimate of drug-likeness (QED) is 0.813. The number of rotatable bonds is 4. The van der Waals surface area contributed by atoms with Gasteiger partial charge in [-0.05, 0) is 31.9 Å². The number of hydrogen-bond donors (Lipinski definition) is 1. The summed E-state index contributed by atoms with van der Waals surface area (Å²) in [6, 6.07) is 11.1. The third-order valence-electron chi connectivity index (χ3n) is 2.15. The molecule has 0 bridgehead atoms. The SMILES string of the molecule is CC#CC(=O)NC(C)(C#N)COc1ccccc1. The van der Waals surface area contributed by atoms with Crippen molar-refractivity contribution < 1.29 is 9.53 Å². The summed E-state index contributed by atoms with van der Waals surface area (Å²) < 4.78 is 5.46. The highest BCUT2D eigenvalue weighted by Gasteiger charge is 2.26. The first kappa shape index (κ1) is 13.6. The molecule has 0 fully saturated rings. The van der Waals surface area contributed by atoms with Gasteiger partial charge >= 0.3 is 0 Å². The van der Waals surface area contributed by atoms with E-state index in [9.17, 15) is 4.79 Å². The van der Waals surface area contributed by atoms with Gasteiger partial charge < -0.3 is 10.1 Å². The number of carbonyl (C=O) groups is 1. The van der Waals surface area contributed by atoms with Crippen molar-refractivity contribution in [3.05, 3.63) is 30.3 Å². The zero-order chi connectivity index (χ0) is 13.4. The second kappa shape index (κ2) is 6.32. The molecule has 0 saturated heterocycles. The fourth-order valence-electron chi connectivity index (χ4n) is 1.24. The Labute approximate surface area is 107 Å². The first-order valence-electron chi connectivity index (χ1n) is 5.43. The number of ether oxygens (including phenoxy) is 1. The Morgan fingerprint density at radius 3 is 2.67 bits per heavy atom. The van der Waals surface area contributed by atoms with Gasteiger partial charge in [0, 0.05) is 0 Å². The maximum Gasteiger partial charge on any atom is 0.297 e. The highest BCUT2D eigenvalue weighted by molar-refractivity contribution is 5.94. The van der Waals surface area contributed by atoms with Gasteiger partial charge in [0.15, 0.2) is 5.54 Å². The fraction of sp³-hybridized carbons (Fsp3) is 0.286. The Hall–Kier alpha value is -2.46. The lowest BCUT2D eigenvalue weighted by molar-refractivity contribution is -0.117. The predicted molar refractivity (Wildman–Crippen MR) is 67.5 cm³/mol. The van der Waals surface area contributed by atoms with E-state index in [0.29, 0.717) is 5.75 Å². The highest BCUT2D eigenvalue weighted by atomic mass is 16.5. The van der Waals surface area contributed by atoms with Crippen LogP contribution < -0.4 is 10.1 Å². The molecule has 0 spiro atoms. The summed E-state index contributed by atoms with van der Waals surface area (Å²) in [7, 11) is 0. The van der Waals surface area contributed by atoms with E-state index >= 15 is 0 Å². The Morgan fingerprint density at radius 2 is 2.11 bits per heavy atom. The van der Waals surface area contributed by atoms with Crippen molar-refractivity contribution in [2.45, 2.75) is 19.4 Å². The zero-order valence-electron chi connectivity index (χ0n) is 10.4. The maximum absolute atomic E-state index is 11.3. The van der Waals surface area contributed by atoms with Crippen LogP contribution in [0.5, 0.6) is 5.75 Å². The Kier molecular flexibility index (Phi) is 4.78. The van der Waals surface area contributed by atoms with Crippen LogP contribution in [0.15, 0.2) is 30.3 Å². The molecule has 0 aliphatic carbocycles. The van der Waals surface area contributed by atoms with Crippen LogP contribution in [0.2, 0.25) is 0 Å². The minimum atomic E-state index is -1.10. The van der Waals surface area contributed by atoms with Crippen molar-refractivity contribution in [3.63, 3.8) is 0 Å². The molecule has 0 saturated carbocycles. The Balaban J connectivity index is 2.63. The van der Waals surface area contributed by atoms with Crippen LogP contribution in [0, 0.1) is 23.2 Å². The van der Waals surface area contributed by atoms with Gasteiger partial charge in [-0.3, -0.25) is 4.79 Å². The van der Waals surface area contributed by atoms with Gasteiger partial charge in [0.05, 0.1) is 6.07 Å². The Morgan fingerprint density at radius 1 is 1.44 bits per heavy atom. The summed E-state index contributed by atoms with van der Waals surface area (Å²) >= 11 is 0. The van der Waals surface area contributed by atoms with Crippen molar-refractivity contribution in [2.24, 2.45) is 0 Å². The summed E-state index contributed by atoms with van der Waals surface area (Å²) in [6.07, 6.45) is 0. The molecule has 4 nitrogen and oxygen atoms in total. The molecule has 1 aromatic carbocycles. The third-order valence-corrected chi connectivity index (χ3v) is 2.15. The molecule has 0 aliphatic heterocycles. The second-order valence-electron chi connectivity index (χ2n) is 3.87. The van der Waals surface area contributed by atoms with Crippen LogP contribution in [0.3, 0.4) is 0 Å². The van der Waals surface area contributed by atoms with E-state index in [-0.39, 0.29) is 6.61 Å². The molecule has 1 atom stereocenters. The van der Waals surface area contributed by atoms with Gasteiger partial charge in [-0.1, -0.05) is 24.1 Å². The summed E-state index contributed by atoms with van der Waals surface area (Å²) in [5.41, 5.74) is -1.10. The number of nitrogens with zero attached hydrogens (tertiary/aromatic N) is 1. The Bertz CT molecular complexity index is 508. The van der Waals surface area contributed by atoms with Crippen LogP contribution in [0.25, 0.3) is 0 Å². The topological polar surface area (TPSA) is 62.1 Å². The molecule has 0 heterocycles. The molecule has 1 rings (SSSR count).